The van der Waals surface area contributed by atoms with Gasteiger partial charge in [-0.05, 0) is 12.5 Å². The summed E-state index contributed by atoms with van der Waals surface area (Å²) in [6.07, 6.45) is -7.10. The highest BCUT2D eigenvalue weighted by molar-refractivity contribution is 5.34. The van der Waals surface area contributed by atoms with Crippen molar-refractivity contribution in [2.45, 2.75) is 25.2 Å². The van der Waals surface area contributed by atoms with Crippen LogP contribution < -0.4 is 5.32 Å². The van der Waals surface area contributed by atoms with E-state index in [9.17, 15) is 23.3 Å². The summed E-state index contributed by atoms with van der Waals surface area (Å²) >= 11 is 0. The molecule has 0 radical (unpaired) electrons. The first-order valence-corrected chi connectivity index (χ1v) is 5.44. The molecular weight excluding hydrogens is 265 g/mol. The van der Waals surface area contributed by atoms with Gasteiger partial charge in [0.05, 0.1) is 4.92 Å². The molecule has 2 unspecified atom stereocenters. The lowest BCUT2D eigenvalue weighted by atomic mass is 10.1. The molecule has 0 fully saturated rings. The quantitative estimate of drug-likeness (QED) is 0.639. The highest BCUT2D eigenvalue weighted by atomic mass is 19.4. The van der Waals surface area contributed by atoms with Crippen molar-refractivity contribution in [1.82, 2.24) is 5.32 Å². The lowest BCUT2D eigenvalue weighted by molar-refractivity contribution is -0.384. The summed E-state index contributed by atoms with van der Waals surface area (Å²) in [5, 5.41) is 21.8. The molecule has 0 amide bonds. The molecule has 0 spiro atoms. The van der Waals surface area contributed by atoms with E-state index < -0.39 is 29.8 Å². The van der Waals surface area contributed by atoms with Gasteiger partial charge in [-0.3, -0.25) is 10.1 Å². The van der Waals surface area contributed by atoms with Crippen LogP contribution in [0.2, 0.25) is 0 Å². The fourth-order valence-corrected chi connectivity index (χ4v) is 1.41. The molecule has 19 heavy (non-hydrogen) atoms. The van der Waals surface area contributed by atoms with Crippen LogP contribution in [0.25, 0.3) is 0 Å². The maximum atomic E-state index is 12.1. The van der Waals surface area contributed by atoms with Gasteiger partial charge in [0.25, 0.3) is 5.69 Å². The van der Waals surface area contributed by atoms with Gasteiger partial charge in [0.15, 0.2) is 6.10 Å². The monoisotopic (exact) mass is 278 g/mol. The molecule has 0 saturated heterocycles. The number of rotatable bonds is 5. The van der Waals surface area contributed by atoms with E-state index in [2.05, 4.69) is 5.32 Å². The predicted octanol–water partition coefficient (Wildman–Crippen LogP) is 2.17. The van der Waals surface area contributed by atoms with Gasteiger partial charge in [0, 0.05) is 24.7 Å². The maximum Gasteiger partial charge on any atom is 0.415 e. The van der Waals surface area contributed by atoms with Crippen molar-refractivity contribution in [3.63, 3.8) is 0 Å². The average molecular weight is 278 g/mol. The summed E-state index contributed by atoms with van der Waals surface area (Å²) in [7, 11) is 0. The molecule has 0 heterocycles. The second-order valence-corrected chi connectivity index (χ2v) is 4.04. The number of nitro groups is 1. The average Bonchev–Trinajstić information content (AvgIpc) is 2.34. The zero-order chi connectivity index (χ0) is 14.6. The highest BCUT2D eigenvalue weighted by Crippen LogP contribution is 2.21. The Bertz CT molecular complexity index is 434. The van der Waals surface area contributed by atoms with Crippen LogP contribution in [0, 0.1) is 10.1 Å². The van der Waals surface area contributed by atoms with Crippen LogP contribution in [0.5, 0.6) is 0 Å². The highest BCUT2D eigenvalue weighted by Gasteiger charge is 2.37. The predicted molar refractivity (Wildman–Crippen MR) is 61.6 cm³/mol. The first-order valence-electron chi connectivity index (χ1n) is 5.44. The molecule has 0 bridgehead atoms. The van der Waals surface area contributed by atoms with Gasteiger partial charge in [0.2, 0.25) is 0 Å². The molecule has 1 rings (SSSR count). The van der Waals surface area contributed by atoms with Crippen LogP contribution in [0.15, 0.2) is 24.3 Å². The molecule has 2 N–H and O–H groups in total. The van der Waals surface area contributed by atoms with Crippen LogP contribution in [0.4, 0.5) is 18.9 Å². The minimum absolute atomic E-state index is 0.0914. The van der Waals surface area contributed by atoms with E-state index in [1.165, 1.54) is 24.3 Å². The molecule has 0 aliphatic heterocycles. The van der Waals surface area contributed by atoms with Gasteiger partial charge in [-0.1, -0.05) is 12.1 Å². The Morgan fingerprint density at radius 3 is 2.32 bits per heavy atom. The zero-order valence-electron chi connectivity index (χ0n) is 10.0. The van der Waals surface area contributed by atoms with Gasteiger partial charge in [-0.2, -0.15) is 13.2 Å². The number of nitrogens with zero attached hydrogens (tertiary/aromatic N) is 1. The van der Waals surface area contributed by atoms with Crippen molar-refractivity contribution in [2.24, 2.45) is 0 Å². The van der Waals surface area contributed by atoms with E-state index in [0.29, 0.717) is 5.56 Å². The minimum Gasteiger partial charge on any atom is -0.382 e. The van der Waals surface area contributed by atoms with Crippen LogP contribution in [0.1, 0.15) is 18.5 Å². The van der Waals surface area contributed by atoms with Crippen molar-refractivity contribution in [3.8, 4) is 0 Å². The number of nitrogens with one attached hydrogen (secondary N) is 1. The van der Waals surface area contributed by atoms with Crippen molar-refractivity contribution in [1.29, 1.82) is 0 Å². The molecule has 5 nitrogen and oxygen atoms in total. The van der Waals surface area contributed by atoms with E-state index in [-0.39, 0.29) is 5.69 Å². The molecule has 1 aromatic carbocycles. The fraction of sp³-hybridized carbons (Fsp3) is 0.455. The molecule has 106 valence electrons. The third kappa shape index (κ3) is 4.49. The Kier molecular flexibility index (Phi) is 4.84. The fourth-order valence-electron chi connectivity index (χ4n) is 1.41. The summed E-state index contributed by atoms with van der Waals surface area (Å²) in [6, 6.07) is 4.99. The normalized spacial score (nSPS) is 15.0. The molecule has 0 aromatic heterocycles. The van der Waals surface area contributed by atoms with Crippen LogP contribution in [-0.2, 0) is 0 Å². The van der Waals surface area contributed by atoms with Gasteiger partial charge in [-0.25, -0.2) is 0 Å². The van der Waals surface area contributed by atoms with E-state index in [1.54, 1.807) is 6.92 Å². The number of aliphatic hydroxyl groups is 1. The lowest BCUT2D eigenvalue weighted by Gasteiger charge is -2.19. The number of alkyl halides is 3. The molecule has 2 atom stereocenters. The van der Waals surface area contributed by atoms with Gasteiger partial charge >= 0.3 is 6.18 Å². The first-order chi connectivity index (χ1) is 8.71. The summed E-state index contributed by atoms with van der Waals surface area (Å²) in [4.78, 5) is 9.88. The summed E-state index contributed by atoms with van der Waals surface area (Å²) < 4.78 is 36.2. The van der Waals surface area contributed by atoms with E-state index in [1.807, 2.05) is 0 Å². The first kappa shape index (κ1) is 15.4. The topological polar surface area (TPSA) is 75.4 Å². The number of non-ortho nitro benzene ring substituents is 1. The third-order valence-corrected chi connectivity index (χ3v) is 2.60. The number of hydrogen-bond donors (Lipinski definition) is 2. The number of benzene rings is 1. The van der Waals surface area contributed by atoms with Crippen molar-refractivity contribution < 1.29 is 23.2 Å². The molecule has 8 heteroatoms. The van der Waals surface area contributed by atoms with Crippen LogP contribution in [0.3, 0.4) is 0 Å². The lowest BCUT2D eigenvalue weighted by Crippen LogP contribution is -2.39. The van der Waals surface area contributed by atoms with Gasteiger partial charge in [-0.15, -0.1) is 0 Å². The maximum absolute atomic E-state index is 12.1. The molecule has 0 saturated carbocycles. The Balaban J connectivity index is 2.59. The standard InChI is InChI=1S/C11H13F3N2O3/c1-7(15-6-10(17)11(12,13)14)8-2-4-9(5-3-8)16(18)19/h2-5,7,10,15,17H,6H2,1H3. The van der Waals surface area contributed by atoms with E-state index in [4.69, 9.17) is 5.11 Å². The van der Waals surface area contributed by atoms with E-state index in [0.717, 1.165) is 0 Å². The summed E-state index contributed by atoms with van der Waals surface area (Å²) in [5.41, 5.74) is 0.506. The smallest absolute Gasteiger partial charge is 0.382 e. The molecule has 0 aliphatic carbocycles. The SMILES string of the molecule is CC(NCC(O)C(F)(F)F)c1ccc([N+](=O)[O-])cc1. The van der Waals surface area contributed by atoms with Crippen molar-refractivity contribution in [2.75, 3.05) is 6.54 Å². The Labute approximate surface area is 107 Å². The second kappa shape index (κ2) is 5.98. The van der Waals surface area contributed by atoms with Gasteiger partial charge < -0.3 is 10.4 Å². The summed E-state index contributed by atoms with van der Waals surface area (Å²) in [5.74, 6) is 0. The number of halogens is 3. The largest absolute Gasteiger partial charge is 0.415 e. The molecule has 0 aliphatic rings. The minimum atomic E-state index is -4.66. The zero-order valence-corrected chi connectivity index (χ0v) is 10.0. The van der Waals surface area contributed by atoms with E-state index >= 15 is 0 Å². The molecular formula is C11H13F3N2O3. The van der Waals surface area contributed by atoms with Crippen molar-refractivity contribution in [3.05, 3.63) is 39.9 Å². The Morgan fingerprint density at radius 1 is 1.37 bits per heavy atom. The van der Waals surface area contributed by atoms with Crippen LogP contribution >= 0.6 is 0 Å². The number of nitro benzene ring substituents is 1. The summed E-state index contributed by atoms with van der Waals surface area (Å²) in [6.45, 7) is 0.964. The van der Waals surface area contributed by atoms with Crippen molar-refractivity contribution >= 4 is 5.69 Å². The molecule has 1 aromatic rings. The Hall–Kier alpha value is -1.67. The Morgan fingerprint density at radius 2 is 1.89 bits per heavy atom. The van der Waals surface area contributed by atoms with Gasteiger partial charge in [0.1, 0.15) is 0 Å². The third-order valence-electron chi connectivity index (χ3n) is 2.60. The second-order valence-electron chi connectivity index (χ2n) is 4.04. The number of aliphatic hydroxyl groups excluding tert-OH is 1. The van der Waals surface area contributed by atoms with Crippen LogP contribution in [-0.4, -0.2) is 28.9 Å². The number of hydrogen-bond acceptors (Lipinski definition) is 4.